The van der Waals surface area contributed by atoms with Gasteiger partial charge in [0, 0.05) is 16.6 Å². The van der Waals surface area contributed by atoms with Gasteiger partial charge in [-0.15, -0.1) is 0 Å². The molecule has 0 aliphatic heterocycles. The van der Waals surface area contributed by atoms with Gasteiger partial charge in [-0.05, 0) is 60.8 Å². The molecule has 0 spiro atoms. The minimum Gasteiger partial charge on any atom is -0.494 e. The Balaban J connectivity index is 1.40. The maximum absolute atomic E-state index is 12.7. The summed E-state index contributed by atoms with van der Waals surface area (Å²) in [6.07, 6.45) is 0. The Bertz CT molecular complexity index is 1320. The van der Waals surface area contributed by atoms with Crippen molar-refractivity contribution in [1.29, 1.82) is 0 Å². The molecule has 0 atom stereocenters. The normalized spacial score (nSPS) is 10.5. The van der Waals surface area contributed by atoms with Crippen LogP contribution in [0.4, 0.5) is 11.4 Å². The van der Waals surface area contributed by atoms with Crippen molar-refractivity contribution in [2.75, 3.05) is 23.8 Å². The standard InChI is InChI=1S/C27H23ClN2O4/c1-2-33-21-13-11-20(12-14-21)29-27(32)19-10-15-23(28)24(16-19)30-26(31)17-34-25-9-5-7-18-6-3-4-8-22(18)25/h3-16H,2,17H2,1H3,(H,29,32)(H,30,31). The summed E-state index contributed by atoms with van der Waals surface area (Å²) in [4.78, 5) is 25.2. The number of carbonyl (C=O) groups is 2. The molecule has 34 heavy (non-hydrogen) atoms. The number of halogens is 1. The minimum absolute atomic E-state index is 0.201. The van der Waals surface area contributed by atoms with Gasteiger partial charge in [0.15, 0.2) is 6.61 Å². The van der Waals surface area contributed by atoms with Gasteiger partial charge in [0.25, 0.3) is 11.8 Å². The smallest absolute Gasteiger partial charge is 0.262 e. The second-order valence-corrected chi connectivity index (χ2v) is 7.83. The SMILES string of the molecule is CCOc1ccc(NC(=O)c2ccc(Cl)c(NC(=O)COc3cccc4ccccc34)c2)cc1. The molecule has 4 aromatic rings. The monoisotopic (exact) mass is 474 g/mol. The van der Waals surface area contributed by atoms with Gasteiger partial charge in [-0.1, -0.05) is 48.0 Å². The average Bonchev–Trinajstić information content (AvgIpc) is 2.85. The van der Waals surface area contributed by atoms with Crippen molar-refractivity contribution < 1.29 is 19.1 Å². The van der Waals surface area contributed by atoms with E-state index in [4.69, 9.17) is 21.1 Å². The zero-order chi connectivity index (χ0) is 23.9. The van der Waals surface area contributed by atoms with E-state index in [-0.39, 0.29) is 18.4 Å². The summed E-state index contributed by atoms with van der Waals surface area (Å²) in [5, 5.41) is 7.79. The Morgan fingerprint density at radius 2 is 1.62 bits per heavy atom. The number of carbonyl (C=O) groups excluding carboxylic acids is 2. The maximum Gasteiger partial charge on any atom is 0.262 e. The van der Waals surface area contributed by atoms with E-state index in [1.807, 2.05) is 49.4 Å². The highest BCUT2D eigenvalue weighted by molar-refractivity contribution is 6.34. The molecule has 0 saturated carbocycles. The minimum atomic E-state index is -0.390. The second-order valence-electron chi connectivity index (χ2n) is 7.42. The first kappa shape index (κ1) is 23.1. The topological polar surface area (TPSA) is 76.7 Å². The Hall–Kier alpha value is -4.03. The van der Waals surface area contributed by atoms with Gasteiger partial charge in [-0.25, -0.2) is 0 Å². The number of ether oxygens (including phenoxy) is 2. The number of fused-ring (bicyclic) bond motifs is 1. The van der Waals surface area contributed by atoms with Crippen LogP contribution in [0.25, 0.3) is 10.8 Å². The summed E-state index contributed by atoms with van der Waals surface area (Å²) in [5.74, 6) is 0.618. The van der Waals surface area contributed by atoms with Gasteiger partial charge in [-0.2, -0.15) is 0 Å². The number of hydrogen-bond donors (Lipinski definition) is 2. The number of nitrogens with one attached hydrogen (secondary N) is 2. The molecule has 0 aliphatic carbocycles. The van der Waals surface area contributed by atoms with Crippen molar-refractivity contribution in [2.45, 2.75) is 6.92 Å². The van der Waals surface area contributed by atoms with Gasteiger partial charge in [0.1, 0.15) is 11.5 Å². The van der Waals surface area contributed by atoms with Crippen LogP contribution >= 0.6 is 11.6 Å². The highest BCUT2D eigenvalue weighted by Gasteiger charge is 2.13. The zero-order valence-corrected chi connectivity index (χ0v) is 19.3. The molecule has 2 N–H and O–H groups in total. The molecule has 0 heterocycles. The predicted octanol–water partition coefficient (Wildman–Crippen LogP) is 6.16. The molecule has 0 saturated heterocycles. The highest BCUT2D eigenvalue weighted by Crippen LogP contribution is 2.26. The van der Waals surface area contributed by atoms with E-state index in [0.29, 0.717) is 34.3 Å². The van der Waals surface area contributed by atoms with Gasteiger partial charge in [-0.3, -0.25) is 9.59 Å². The number of benzene rings is 4. The van der Waals surface area contributed by atoms with Crippen molar-refractivity contribution >= 4 is 45.6 Å². The molecular weight excluding hydrogens is 452 g/mol. The fraction of sp³-hybridized carbons (Fsp3) is 0.111. The van der Waals surface area contributed by atoms with Crippen molar-refractivity contribution in [3.8, 4) is 11.5 Å². The van der Waals surface area contributed by atoms with Gasteiger partial charge in [0.2, 0.25) is 0 Å². The number of amides is 2. The van der Waals surface area contributed by atoms with Crippen molar-refractivity contribution in [3.63, 3.8) is 0 Å². The molecule has 0 fully saturated rings. The fourth-order valence-electron chi connectivity index (χ4n) is 3.42. The Morgan fingerprint density at radius 1 is 0.853 bits per heavy atom. The highest BCUT2D eigenvalue weighted by atomic mass is 35.5. The molecule has 4 rings (SSSR count). The summed E-state index contributed by atoms with van der Waals surface area (Å²) in [5.41, 5.74) is 1.30. The van der Waals surface area contributed by atoms with E-state index in [9.17, 15) is 9.59 Å². The second kappa shape index (κ2) is 10.7. The largest absolute Gasteiger partial charge is 0.494 e. The third-order valence-electron chi connectivity index (χ3n) is 5.03. The van der Waals surface area contributed by atoms with Crippen LogP contribution in [-0.4, -0.2) is 25.0 Å². The third-order valence-corrected chi connectivity index (χ3v) is 5.36. The third kappa shape index (κ3) is 5.66. The van der Waals surface area contributed by atoms with E-state index in [1.54, 1.807) is 36.4 Å². The molecule has 172 valence electrons. The summed E-state index contributed by atoms with van der Waals surface area (Å²) < 4.78 is 11.1. The summed E-state index contributed by atoms with van der Waals surface area (Å²) in [6, 6.07) is 25.2. The van der Waals surface area contributed by atoms with Gasteiger partial charge in [0.05, 0.1) is 17.3 Å². The Kier molecular flexibility index (Phi) is 7.30. The summed E-state index contributed by atoms with van der Waals surface area (Å²) in [7, 11) is 0. The lowest BCUT2D eigenvalue weighted by atomic mass is 10.1. The molecule has 0 aliphatic rings. The number of rotatable bonds is 8. The van der Waals surface area contributed by atoms with E-state index >= 15 is 0 Å². The molecule has 0 aromatic heterocycles. The van der Waals surface area contributed by atoms with E-state index < -0.39 is 0 Å². The van der Waals surface area contributed by atoms with Crippen LogP contribution in [-0.2, 0) is 4.79 Å². The van der Waals surface area contributed by atoms with Crippen LogP contribution in [0.5, 0.6) is 11.5 Å². The van der Waals surface area contributed by atoms with E-state index in [1.165, 1.54) is 6.07 Å². The molecular formula is C27H23ClN2O4. The summed E-state index contributed by atoms with van der Waals surface area (Å²) in [6.45, 7) is 2.27. The predicted molar refractivity (Wildman–Crippen MR) is 135 cm³/mol. The van der Waals surface area contributed by atoms with Crippen LogP contribution in [0.2, 0.25) is 5.02 Å². The fourth-order valence-corrected chi connectivity index (χ4v) is 3.58. The number of anilines is 2. The summed E-state index contributed by atoms with van der Waals surface area (Å²) >= 11 is 6.25. The molecule has 4 aromatic carbocycles. The van der Waals surface area contributed by atoms with Crippen LogP contribution in [0, 0.1) is 0 Å². The van der Waals surface area contributed by atoms with Crippen molar-refractivity contribution in [3.05, 3.63) is 95.5 Å². The van der Waals surface area contributed by atoms with Gasteiger partial charge < -0.3 is 20.1 Å². The van der Waals surface area contributed by atoms with Crippen LogP contribution in [0.15, 0.2) is 84.9 Å². The van der Waals surface area contributed by atoms with Crippen molar-refractivity contribution in [1.82, 2.24) is 0 Å². The van der Waals surface area contributed by atoms with Gasteiger partial charge >= 0.3 is 0 Å². The molecule has 0 radical (unpaired) electrons. The lowest BCUT2D eigenvalue weighted by molar-refractivity contribution is -0.118. The average molecular weight is 475 g/mol. The van der Waals surface area contributed by atoms with E-state index in [0.717, 1.165) is 16.5 Å². The first-order valence-corrected chi connectivity index (χ1v) is 11.2. The maximum atomic E-state index is 12.7. The molecule has 0 unspecified atom stereocenters. The molecule has 6 nitrogen and oxygen atoms in total. The van der Waals surface area contributed by atoms with Crippen molar-refractivity contribution in [2.24, 2.45) is 0 Å². The lowest BCUT2D eigenvalue weighted by Crippen LogP contribution is -2.21. The zero-order valence-electron chi connectivity index (χ0n) is 18.5. The molecule has 7 heteroatoms. The number of hydrogen-bond acceptors (Lipinski definition) is 4. The van der Waals surface area contributed by atoms with Crippen LogP contribution in [0.3, 0.4) is 0 Å². The molecule has 2 amide bonds. The van der Waals surface area contributed by atoms with Crippen LogP contribution < -0.4 is 20.1 Å². The Labute approximate surface area is 202 Å². The lowest BCUT2D eigenvalue weighted by Gasteiger charge is -2.12. The first-order chi connectivity index (χ1) is 16.5. The first-order valence-electron chi connectivity index (χ1n) is 10.8. The quantitative estimate of drug-likeness (QED) is 0.320. The molecule has 0 bridgehead atoms. The van der Waals surface area contributed by atoms with Crippen LogP contribution in [0.1, 0.15) is 17.3 Å². The van der Waals surface area contributed by atoms with E-state index in [2.05, 4.69) is 10.6 Å². The Morgan fingerprint density at radius 3 is 2.41 bits per heavy atom.